The van der Waals surface area contributed by atoms with Gasteiger partial charge in [0.1, 0.15) is 0 Å². The molecule has 0 saturated carbocycles. The van der Waals surface area contributed by atoms with Crippen LogP contribution < -0.4 is 0 Å². The predicted molar refractivity (Wildman–Crippen MR) is 73.0 cm³/mol. The van der Waals surface area contributed by atoms with E-state index in [1.54, 1.807) is 4.90 Å². The molecular formula is C12H20ClNO4S. The third-order valence-electron chi connectivity index (χ3n) is 3.55. The van der Waals surface area contributed by atoms with E-state index < -0.39 is 21.4 Å². The Balaban J connectivity index is 2.06. The van der Waals surface area contributed by atoms with Crippen LogP contribution in [-0.2, 0) is 19.4 Å². The molecule has 2 aliphatic heterocycles. The first-order chi connectivity index (χ1) is 8.72. The molecule has 0 radical (unpaired) electrons. The monoisotopic (exact) mass is 309 g/mol. The Morgan fingerprint density at radius 1 is 1.47 bits per heavy atom. The molecule has 0 N–H and O–H groups in total. The molecular weight excluding hydrogens is 290 g/mol. The van der Waals surface area contributed by atoms with Gasteiger partial charge in [-0.25, -0.2) is 8.42 Å². The SMILES string of the molecule is CC1(C)CN(C(=O)C2CCS(=O)(=O)C2)CC(CCl)O1. The molecule has 2 fully saturated rings. The van der Waals surface area contributed by atoms with Gasteiger partial charge >= 0.3 is 0 Å². The van der Waals surface area contributed by atoms with Gasteiger partial charge < -0.3 is 9.64 Å². The van der Waals surface area contributed by atoms with E-state index in [1.807, 2.05) is 13.8 Å². The number of rotatable bonds is 2. The van der Waals surface area contributed by atoms with Crippen molar-refractivity contribution in [2.45, 2.75) is 32.0 Å². The van der Waals surface area contributed by atoms with Crippen LogP contribution in [0.5, 0.6) is 0 Å². The molecule has 2 rings (SSSR count). The van der Waals surface area contributed by atoms with E-state index >= 15 is 0 Å². The third kappa shape index (κ3) is 3.61. The van der Waals surface area contributed by atoms with Crippen LogP contribution in [0.4, 0.5) is 0 Å². The highest BCUT2D eigenvalue weighted by atomic mass is 35.5. The second-order valence-corrected chi connectivity index (χ2v) is 8.51. The largest absolute Gasteiger partial charge is 0.367 e. The lowest BCUT2D eigenvalue weighted by atomic mass is 10.0. The van der Waals surface area contributed by atoms with Gasteiger partial charge in [0.25, 0.3) is 0 Å². The minimum Gasteiger partial charge on any atom is -0.367 e. The maximum Gasteiger partial charge on any atom is 0.226 e. The summed E-state index contributed by atoms with van der Waals surface area (Å²) in [5, 5.41) is 0. The minimum atomic E-state index is -3.03. The molecule has 0 spiro atoms. The van der Waals surface area contributed by atoms with Crippen LogP contribution in [0.25, 0.3) is 0 Å². The lowest BCUT2D eigenvalue weighted by Crippen LogP contribution is -2.56. The van der Waals surface area contributed by atoms with Crippen molar-refractivity contribution in [3.05, 3.63) is 0 Å². The van der Waals surface area contributed by atoms with Crippen molar-refractivity contribution in [2.24, 2.45) is 5.92 Å². The van der Waals surface area contributed by atoms with Crippen LogP contribution in [0.15, 0.2) is 0 Å². The van der Waals surface area contributed by atoms with Gasteiger partial charge in [0.05, 0.1) is 35.0 Å². The summed E-state index contributed by atoms with van der Waals surface area (Å²) in [5.74, 6) is -0.0380. The summed E-state index contributed by atoms with van der Waals surface area (Å²) in [6.45, 7) is 4.76. The molecule has 2 heterocycles. The van der Waals surface area contributed by atoms with Gasteiger partial charge in [-0.3, -0.25) is 4.79 Å². The maximum absolute atomic E-state index is 12.4. The van der Waals surface area contributed by atoms with Crippen molar-refractivity contribution in [1.82, 2.24) is 4.90 Å². The first-order valence-electron chi connectivity index (χ1n) is 6.45. The van der Waals surface area contributed by atoms with Crippen LogP contribution in [0.2, 0.25) is 0 Å². The Morgan fingerprint density at radius 3 is 2.68 bits per heavy atom. The van der Waals surface area contributed by atoms with Gasteiger partial charge in [-0.05, 0) is 20.3 Å². The van der Waals surface area contributed by atoms with Gasteiger partial charge in [0.15, 0.2) is 9.84 Å². The molecule has 0 bridgehead atoms. The topological polar surface area (TPSA) is 63.7 Å². The lowest BCUT2D eigenvalue weighted by molar-refractivity contribution is -0.160. The molecule has 110 valence electrons. The normalized spacial score (nSPS) is 33.3. The summed E-state index contributed by atoms with van der Waals surface area (Å²) in [6.07, 6.45) is 0.247. The van der Waals surface area contributed by atoms with Crippen LogP contribution >= 0.6 is 11.6 Å². The number of halogens is 1. The van der Waals surface area contributed by atoms with Crippen molar-refractivity contribution >= 4 is 27.3 Å². The fourth-order valence-corrected chi connectivity index (χ4v) is 4.69. The van der Waals surface area contributed by atoms with Gasteiger partial charge in [-0.15, -0.1) is 11.6 Å². The number of carbonyl (C=O) groups is 1. The Morgan fingerprint density at radius 2 is 2.16 bits per heavy atom. The first-order valence-corrected chi connectivity index (χ1v) is 8.81. The highest BCUT2D eigenvalue weighted by Gasteiger charge is 2.40. The fourth-order valence-electron chi connectivity index (χ4n) is 2.79. The van der Waals surface area contributed by atoms with Crippen molar-refractivity contribution < 1.29 is 17.9 Å². The number of carbonyl (C=O) groups excluding carboxylic acids is 1. The standard InChI is InChI=1S/C12H20ClNO4S/c1-12(2)8-14(6-10(5-13)18-12)11(15)9-3-4-19(16,17)7-9/h9-10H,3-8H2,1-2H3. The Labute approximate surface area is 119 Å². The highest BCUT2D eigenvalue weighted by molar-refractivity contribution is 7.91. The minimum absolute atomic E-state index is 0.0187. The molecule has 0 aromatic rings. The van der Waals surface area contributed by atoms with E-state index in [4.69, 9.17) is 16.3 Å². The number of ether oxygens (including phenoxy) is 1. The average Bonchev–Trinajstić information content (AvgIpc) is 2.66. The summed E-state index contributed by atoms with van der Waals surface area (Å²) in [4.78, 5) is 14.1. The number of hydrogen-bond donors (Lipinski definition) is 0. The number of nitrogens with zero attached hydrogens (tertiary/aromatic N) is 1. The van der Waals surface area contributed by atoms with Crippen LogP contribution in [0, 0.1) is 5.92 Å². The predicted octanol–water partition coefficient (Wildman–Crippen LogP) is 0.666. The van der Waals surface area contributed by atoms with Crippen LogP contribution in [-0.4, -0.2) is 61.4 Å². The second-order valence-electron chi connectivity index (χ2n) is 5.97. The smallest absolute Gasteiger partial charge is 0.226 e. The van der Waals surface area contributed by atoms with E-state index in [1.165, 1.54) is 0 Å². The average molecular weight is 310 g/mol. The van der Waals surface area contributed by atoms with Gasteiger partial charge in [0.2, 0.25) is 5.91 Å². The Bertz CT molecular complexity index is 462. The van der Waals surface area contributed by atoms with E-state index in [2.05, 4.69) is 0 Å². The second kappa shape index (κ2) is 5.22. The number of morpholine rings is 1. The van der Waals surface area contributed by atoms with Gasteiger partial charge in [0, 0.05) is 13.1 Å². The zero-order valence-electron chi connectivity index (χ0n) is 11.3. The van der Waals surface area contributed by atoms with E-state index in [9.17, 15) is 13.2 Å². The molecule has 2 atom stereocenters. The molecule has 7 heteroatoms. The molecule has 0 aliphatic carbocycles. The molecule has 1 amide bonds. The zero-order chi connectivity index (χ0) is 14.3. The summed E-state index contributed by atoms with van der Waals surface area (Å²) < 4.78 is 28.7. The van der Waals surface area contributed by atoms with Crippen molar-refractivity contribution in [3.8, 4) is 0 Å². The molecule has 5 nitrogen and oxygen atoms in total. The molecule has 0 aromatic heterocycles. The fraction of sp³-hybridized carbons (Fsp3) is 0.917. The first kappa shape index (κ1) is 15.1. The summed E-state index contributed by atoms with van der Waals surface area (Å²) in [6, 6.07) is 0. The third-order valence-corrected chi connectivity index (χ3v) is 5.66. The Kier molecular flexibility index (Phi) is 4.14. The maximum atomic E-state index is 12.4. The molecule has 2 saturated heterocycles. The van der Waals surface area contributed by atoms with Gasteiger partial charge in [-0.2, -0.15) is 0 Å². The van der Waals surface area contributed by atoms with Crippen molar-refractivity contribution in [2.75, 3.05) is 30.5 Å². The number of alkyl halides is 1. The summed E-state index contributed by atoms with van der Waals surface area (Å²) >= 11 is 5.82. The molecule has 2 unspecified atom stereocenters. The zero-order valence-corrected chi connectivity index (χ0v) is 12.8. The lowest BCUT2D eigenvalue weighted by Gasteiger charge is -2.43. The number of sulfone groups is 1. The Hall–Kier alpha value is -0.330. The quantitative estimate of drug-likeness (QED) is 0.703. The summed E-state index contributed by atoms with van der Waals surface area (Å²) in [5.41, 5.74) is -0.440. The molecule has 2 aliphatic rings. The van der Waals surface area contributed by atoms with E-state index in [0.29, 0.717) is 25.4 Å². The van der Waals surface area contributed by atoms with E-state index in [-0.39, 0.29) is 23.5 Å². The highest BCUT2D eigenvalue weighted by Crippen LogP contribution is 2.26. The van der Waals surface area contributed by atoms with Crippen molar-refractivity contribution in [3.63, 3.8) is 0 Å². The number of hydrogen-bond acceptors (Lipinski definition) is 4. The number of amides is 1. The van der Waals surface area contributed by atoms with Crippen LogP contribution in [0.1, 0.15) is 20.3 Å². The van der Waals surface area contributed by atoms with Gasteiger partial charge in [-0.1, -0.05) is 0 Å². The van der Waals surface area contributed by atoms with Crippen molar-refractivity contribution in [1.29, 1.82) is 0 Å². The molecule has 19 heavy (non-hydrogen) atoms. The van der Waals surface area contributed by atoms with Crippen LogP contribution in [0.3, 0.4) is 0 Å². The van der Waals surface area contributed by atoms with E-state index in [0.717, 1.165) is 0 Å². The molecule has 0 aromatic carbocycles. The summed E-state index contributed by atoms with van der Waals surface area (Å²) in [7, 11) is -3.03.